The van der Waals surface area contributed by atoms with E-state index in [1.54, 1.807) is 6.21 Å². The van der Waals surface area contributed by atoms with Crippen LogP contribution in [0.5, 0.6) is 0 Å². The predicted molar refractivity (Wildman–Crippen MR) is 74.9 cm³/mol. The van der Waals surface area contributed by atoms with Gasteiger partial charge in [0.2, 0.25) is 5.91 Å². The molecule has 0 radical (unpaired) electrons. The van der Waals surface area contributed by atoms with Crippen molar-refractivity contribution in [1.29, 1.82) is 0 Å². The Morgan fingerprint density at radius 3 is 3.05 bits per heavy atom. The second kappa shape index (κ2) is 6.55. The van der Waals surface area contributed by atoms with Crippen LogP contribution in [0.2, 0.25) is 0 Å². The lowest BCUT2D eigenvalue weighted by Gasteiger charge is -1.99. The SMILES string of the molecule is CCCCC[C@H]1C[C@H]1C(=O)N/N=C\c1ccc(C)o1. The minimum Gasteiger partial charge on any atom is -0.460 e. The molecule has 0 aromatic carbocycles. The lowest BCUT2D eigenvalue weighted by Crippen LogP contribution is -2.20. The molecule has 4 nitrogen and oxygen atoms in total. The molecule has 1 N–H and O–H groups in total. The summed E-state index contributed by atoms with van der Waals surface area (Å²) in [5.74, 6) is 2.29. The molecule has 1 aliphatic carbocycles. The van der Waals surface area contributed by atoms with Crippen molar-refractivity contribution in [1.82, 2.24) is 5.43 Å². The number of rotatable bonds is 7. The van der Waals surface area contributed by atoms with Crippen molar-refractivity contribution in [3.05, 3.63) is 23.7 Å². The van der Waals surface area contributed by atoms with Gasteiger partial charge in [-0.2, -0.15) is 5.10 Å². The monoisotopic (exact) mass is 262 g/mol. The number of furan rings is 1. The first-order valence-electron chi connectivity index (χ1n) is 7.10. The zero-order valence-electron chi connectivity index (χ0n) is 11.7. The highest BCUT2D eigenvalue weighted by Gasteiger charge is 2.41. The quantitative estimate of drug-likeness (QED) is 0.466. The van der Waals surface area contributed by atoms with Gasteiger partial charge in [0.25, 0.3) is 0 Å². The Hall–Kier alpha value is -1.58. The molecular formula is C15H22N2O2. The number of hydrazone groups is 1. The van der Waals surface area contributed by atoms with Gasteiger partial charge in [-0.05, 0) is 37.8 Å². The molecule has 104 valence electrons. The van der Waals surface area contributed by atoms with E-state index in [0.29, 0.717) is 11.7 Å². The molecule has 4 heteroatoms. The van der Waals surface area contributed by atoms with Crippen LogP contribution in [0.3, 0.4) is 0 Å². The average molecular weight is 262 g/mol. The fourth-order valence-corrected chi connectivity index (χ4v) is 2.31. The van der Waals surface area contributed by atoms with Crippen LogP contribution in [0, 0.1) is 18.8 Å². The Balaban J connectivity index is 1.67. The van der Waals surface area contributed by atoms with Crippen LogP contribution in [0.4, 0.5) is 0 Å². The third-order valence-corrected chi connectivity index (χ3v) is 3.57. The normalized spacial score (nSPS) is 21.8. The van der Waals surface area contributed by atoms with Gasteiger partial charge in [-0.3, -0.25) is 4.79 Å². The summed E-state index contributed by atoms with van der Waals surface area (Å²) in [4.78, 5) is 11.8. The third-order valence-electron chi connectivity index (χ3n) is 3.57. The summed E-state index contributed by atoms with van der Waals surface area (Å²) in [6.07, 6.45) is 7.47. The number of aryl methyl sites for hydroxylation is 1. The molecule has 19 heavy (non-hydrogen) atoms. The zero-order valence-corrected chi connectivity index (χ0v) is 11.7. The molecule has 2 atom stereocenters. The maximum absolute atomic E-state index is 11.8. The first-order chi connectivity index (χ1) is 9.20. The maximum atomic E-state index is 11.8. The van der Waals surface area contributed by atoms with Crippen molar-refractivity contribution in [2.45, 2.75) is 46.0 Å². The van der Waals surface area contributed by atoms with Gasteiger partial charge in [0.15, 0.2) is 0 Å². The summed E-state index contributed by atoms with van der Waals surface area (Å²) in [5.41, 5.74) is 2.59. The molecule has 0 spiro atoms. The van der Waals surface area contributed by atoms with E-state index >= 15 is 0 Å². The van der Waals surface area contributed by atoms with Crippen LogP contribution in [-0.4, -0.2) is 12.1 Å². The van der Waals surface area contributed by atoms with Crippen molar-refractivity contribution < 1.29 is 9.21 Å². The minimum absolute atomic E-state index is 0.0426. The second-order valence-corrected chi connectivity index (χ2v) is 5.28. The molecule has 0 aliphatic heterocycles. The summed E-state index contributed by atoms with van der Waals surface area (Å²) in [5, 5.41) is 3.93. The number of hydrogen-bond acceptors (Lipinski definition) is 3. The molecule has 0 bridgehead atoms. The molecule has 2 rings (SSSR count). The lowest BCUT2D eigenvalue weighted by molar-refractivity contribution is -0.122. The smallest absolute Gasteiger partial charge is 0.243 e. The average Bonchev–Trinajstić information content (AvgIpc) is 3.05. The summed E-state index contributed by atoms with van der Waals surface area (Å²) in [6, 6.07) is 3.70. The first kappa shape index (κ1) is 13.8. The molecule has 1 heterocycles. The lowest BCUT2D eigenvalue weighted by atomic mass is 10.1. The number of carbonyl (C=O) groups excluding carboxylic acids is 1. The number of carbonyl (C=O) groups is 1. The molecule has 1 saturated carbocycles. The van der Waals surface area contributed by atoms with Crippen LogP contribution in [0.25, 0.3) is 0 Å². The molecule has 0 saturated heterocycles. The molecule has 1 fully saturated rings. The molecule has 1 aromatic heterocycles. The van der Waals surface area contributed by atoms with Gasteiger partial charge in [0.05, 0.1) is 6.21 Å². The van der Waals surface area contributed by atoms with Gasteiger partial charge in [-0.1, -0.05) is 26.2 Å². The Morgan fingerprint density at radius 2 is 2.37 bits per heavy atom. The van der Waals surface area contributed by atoms with E-state index in [9.17, 15) is 4.79 Å². The molecule has 1 amide bonds. The first-order valence-corrected chi connectivity index (χ1v) is 7.10. The van der Waals surface area contributed by atoms with Crippen LogP contribution < -0.4 is 5.43 Å². The van der Waals surface area contributed by atoms with Crippen LogP contribution >= 0.6 is 0 Å². The Labute approximate surface area is 114 Å². The zero-order chi connectivity index (χ0) is 13.7. The number of hydrogen-bond donors (Lipinski definition) is 1. The van der Waals surface area contributed by atoms with Crippen molar-refractivity contribution in [2.75, 3.05) is 0 Å². The van der Waals surface area contributed by atoms with E-state index in [2.05, 4.69) is 17.5 Å². The highest BCUT2D eigenvalue weighted by Crippen LogP contribution is 2.42. The standard InChI is InChI=1S/C15H22N2O2/c1-3-4-5-6-12-9-14(12)15(18)17-16-10-13-8-7-11(2)19-13/h7-8,10,12,14H,3-6,9H2,1-2H3,(H,17,18)/b16-10-/t12-,14+/m0/s1. The van der Waals surface area contributed by atoms with Gasteiger partial charge >= 0.3 is 0 Å². The summed E-state index contributed by atoms with van der Waals surface area (Å²) in [7, 11) is 0. The minimum atomic E-state index is 0.0426. The van der Waals surface area contributed by atoms with Gasteiger partial charge in [0.1, 0.15) is 11.5 Å². The molecule has 1 aliphatic rings. The number of nitrogens with zero attached hydrogens (tertiary/aromatic N) is 1. The fourth-order valence-electron chi connectivity index (χ4n) is 2.31. The Kier molecular flexibility index (Phi) is 4.77. The van der Waals surface area contributed by atoms with Crippen molar-refractivity contribution in [3.63, 3.8) is 0 Å². The van der Waals surface area contributed by atoms with Gasteiger partial charge in [-0.15, -0.1) is 0 Å². The molecule has 0 unspecified atom stereocenters. The largest absolute Gasteiger partial charge is 0.460 e. The van der Waals surface area contributed by atoms with E-state index in [-0.39, 0.29) is 11.8 Å². The highest BCUT2D eigenvalue weighted by atomic mass is 16.3. The van der Waals surface area contributed by atoms with E-state index in [1.807, 2.05) is 19.1 Å². The van der Waals surface area contributed by atoms with Crippen LogP contribution in [0.1, 0.15) is 50.5 Å². The maximum Gasteiger partial charge on any atom is 0.243 e. The van der Waals surface area contributed by atoms with E-state index in [4.69, 9.17) is 4.42 Å². The van der Waals surface area contributed by atoms with E-state index < -0.39 is 0 Å². The van der Waals surface area contributed by atoms with Crippen molar-refractivity contribution in [3.8, 4) is 0 Å². The van der Waals surface area contributed by atoms with E-state index in [1.165, 1.54) is 25.7 Å². The van der Waals surface area contributed by atoms with Gasteiger partial charge < -0.3 is 4.42 Å². The van der Waals surface area contributed by atoms with Gasteiger partial charge in [-0.25, -0.2) is 5.43 Å². The summed E-state index contributed by atoms with van der Waals surface area (Å²) < 4.78 is 5.33. The highest BCUT2D eigenvalue weighted by molar-refractivity contribution is 5.83. The number of nitrogens with one attached hydrogen (secondary N) is 1. The fraction of sp³-hybridized carbons (Fsp3) is 0.600. The van der Waals surface area contributed by atoms with Crippen LogP contribution in [0.15, 0.2) is 21.7 Å². The predicted octanol–water partition coefficient (Wildman–Crippen LogP) is 3.25. The van der Waals surface area contributed by atoms with Crippen molar-refractivity contribution >= 4 is 12.1 Å². The Morgan fingerprint density at radius 1 is 1.53 bits per heavy atom. The van der Waals surface area contributed by atoms with Crippen LogP contribution in [-0.2, 0) is 4.79 Å². The number of amides is 1. The van der Waals surface area contributed by atoms with E-state index in [0.717, 1.165) is 12.2 Å². The molecular weight excluding hydrogens is 240 g/mol. The topological polar surface area (TPSA) is 54.6 Å². The molecule has 1 aromatic rings. The van der Waals surface area contributed by atoms with Gasteiger partial charge in [0, 0.05) is 5.92 Å². The summed E-state index contributed by atoms with van der Waals surface area (Å²) in [6.45, 7) is 4.07. The third kappa shape index (κ3) is 4.23. The van der Waals surface area contributed by atoms with Crippen molar-refractivity contribution in [2.24, 2.45) is 16.9 Å². The second-order valence-electron chi connectivity index (χ2n) is 5.28. The Bertz CT molecular complexity index is 451. The number of unbranched alkanes of at least 4 members (excludes halogenated alkanes) is 2. The summed E-state index contributed by atoms with van der Waals surface area (Å²) >= 11 is 0.